The third kappa shape index (κ3) is 11.0. The molecule has 3 atom stereocenters. The van der Waals surface area contributed by atoms with Gasteiger partial charge in [-0.15, -0.1) is 0 Å². The number of rotatable bonds is 14. The first-order chi connectivity index (χ1) is 17.7. The fraction of sp³-hybridized carbons (Fsp3) is 0.710. The van der Waals surface area contributed by atoms with E-state index in [0.717, 1.165) is 43.2 Å². The lowest BCUT2D eigenvalue weighted by Gasteiger charge is -2.40. The van der Waals surface area contributed by atoms with Gasteiger partial charge >= 0.3 is 6.09 Å². The minimum absolute atomic E-state index is 0.195. The Hall–Kier alpha value is -2.57. The summed E-state index contributed by atoms with van der Waals surface area (Å²) < 4.78 is 5.48. The number of carbonyl (C=O) groups is 3. The topological polar surface area (TPSA) is 87.7 Å². The molecule has 3 amide bonds. The van der Waals surface area contributed by atoms with Crippen molar-refractivity contribution in [3.63, 3.8) is 0 Å². The summed E-state index contributed by atoms with van der Waals surface area (Å²) >= 11 is 0. The van der Waals surface area contributed by atoms with Crippen molar-refractivity contribution in [2.75, 3.05) is 6.54 Å². The molecular formula is C31H53N3O4. The van der Waals surface area contributed by atoms with Gasteiger partial charge < -0.3 is 20.3 Å². The van der Waals surface area contributed by atoms with E-state index in [4.69, 9.17) is 4.74 Å². The lowest BCUT2D eigenvalue weighted by molar-refractivity contribution is -0.146. The summed E-state index contributed by atoms with van der Waals surface area (Å²) in [5, 5.41) is 5.90. The van der Waals surface area contributed by atoms with Gasteiger partial charge in [0.2, 0.25) is 11.8 Å². The quantitative estimate of drug-likeness (QED) is 0.267. The van der Waals surface area contributed by atoms with Gasteiger partial charge in [-0.3, -0.25) is 9.59 Å². The molecule has 0 radical (unpaired) electrons. The molecule has 0 aliphatic heterocycles. The van der Waals surface area contributed by atoms with Crippen molar-refractivity contribution in [1.29, 1.82) is 0 Å². The van der Waals surface area contributed by atoms with Crippen LogP contribution < -0.4 is 10.6 Å². The Bertz CT molecular complexity index is 891. The van der Waals surface area contributed by atoms with Gasteiger partial charge in [0.15, 0.2) is 0 Å². The average Bonchev–Trinajstić information content (AvgIpc) is 2.81. The van der Waals surface area contributed by atoms with Gasteiger partial charge in [0.1, 0.15) is 17.7 Å². The second kappa shape index (κ2) is 15.7. The van der Waals surface area contributed by atoms with Crippen LogP contribution in [-0.2, 0) is 14.3 Å². The van der Waals surface area contributed by atoms with Crippen LogP contribution in [0.25, 0.3) is 0 Å². The zero-order chi connectivity index (χ0) is 29.0. The zero-order valence-corrected chi connectivity index (χ0v) is 25.5. The Morgan fingerprint density at radius 3 is 2.13 bits per heavy atom. The maximum atomic E-state index is 14.4. The zero-order valence-electron chi connectivity index (χ0n) is 25.5. The molecule has 216 valence electrons. The van der Waals surface area contributed by atoms with Crippen LogP contribution in [0.1, 0.15) is 112 Å². The fourth-order valence-electron chi connectivity index (χ4n) is 4.42. The van der Waals surface area contributed by atoms with Crippen molar-refractivity contribution in [2.24, 2.45) is 11.8 Å². The highest BCUT2D eigenvalue weighted by Crippen LogP contribution is 2.30. The standard InChI is InChI=1S/C31H53N3O4/c1-11-12-15-20-32-28(35)27(25-17-14-13-16-23(25)6)34(24(7)19-18-21(2)3)29(36)26(22(4)5)33-30(37)38-31(8,9)10/h13-14,16-17,21-22,24,26-27H,11-12,15,18-20H2,1-10H3,(H,32,35)(H,33,37). The lowest BCUT2D eigenvalue weighted by Crippen LogP contribution is -2.57. The molecule has 0 aromatic heterocycles. The Morgan fingerprint density at radius 2 is 1.61 bits per heavy atom. The molecule has 3 unspecified atom stereocenters. The summed E-state index contributed by atoms with van der Waals surface area (Å²) in [7, 11) is 0. The number of alkyl carbamates (subject to hydrolysis) is 1. The van der Waals surface area contributed by atoms with E-state index < -0.39 is 23.8 Å². The highest BCUT2D eigenvalue weighted by atomic mass is 16.6. The molecule has 7 heteroatoms. The number of amides is 3. The number of unbranched alkanes of at least 4 members (excludes halogenated alkanes) is 2. The van der Waals surface area contributed by atoms with Gasteiger partial charge in [-0.25, -0.2) is 4.79 Å². The van der Waals surface area contributed by atoms with E-state index in [2.05, 4.69) is 31.4 Å². The molecule has 0 fully saturated rings. The van der Waals surface area contributed by atoms with Crippen LogP contribution in [0.4, 0.5) is 4.79 Å². The number of ether oxygens (including phenoxy) is 1. The van der Waals surface area contributed by atoms with E-state index >= 15 is 0 Å². The van der Waals surface area contributed by atoms with Crippen LogP contribution >= 0.6 is 0 Å². The van der Waals surface area contributed by atoms with Crippen molar-refractivity contribution in [1.82, 2.24) is 15.5 Å². The second-order valence-electron chi connectivity index (χ2n) is 12.2. The van der Waals surface area contributed by atoms with E-state index in [-0.39, 0.29) is 23.8 Å². The second-order valence-corrected chi connectivity index (χ2v) is 12.2. The summed E-state index contributed by atoms with van der Waals surface area (Å²) in [6, 6.07) is 5.85. The highest BCUT2D eigenvalue weighted by Gasteiger charge is 2.40. The monoisotopic (exact) mass is 531 g/mol. The first kappa shape index (κ1) is 33.5. The molecule has 0 aliphatic rings. The van der Waals surface area contributed by atoms with E-state index in [0.29, 0.717) is 12.5 Å². The minimum atomic E-state index is -0.842. The van der Waals surface area contributed by atoms with Gasteiger partial charge in [-0.2, -0.15) is 0 Å². The van der Waals surface area contributed by atoms with Crippen LogP contribution in [0.2, 0.25) is 0 Å². The Kier molecular flexibility index (Phi) is 13.9. The van der Waals surface area contributed by atoms with E-state index in [1.54, 1.807) is 25.7 Å². The predicted molar refractivity (Wildman–Crippen MR) is 155 cm³/mol. The van der Waals surface area contributed by atoms with Crippen LogP contribution in [0, 0.1) is 18.8 Å². The van der Waals surface area contributed by atoms with Crippen molar-refractivity contribution < 1.29 is 19.1 Å². The number of aryl methyl sites for hydroxylation is 1. The smallest absolute Gasteiger partial charge is 0.408 e. The van der Waals surface area contributed by atoms with Gasteiger partial charge in [0.05, 0.1) is 0 Å². The molecule has 0 heterocycles. The predicted octanol–water partition coefficient (Wildman–Crippen LogP) is 6.55. The number of carbonyl (C=O) groups excluding carboxylic acids is 3. The normalized spacial score (nSPS) is 14.1. The summed E-state index contributed by atoms with van der Waals surface area (Å²) in [6.45, 7) is 20.1. The summed E-state index contributed by atoms with van der Waals surface area (Å²) in [4.78, 5) is 42.6. The highest BCUT2D eigenvalue weighted by molar-refractivity contribution is 5.92. The molecule has 7 nitrogen and oxygen atoms in total. The maximum Gasteiger partial charge on any atom is 0.408 e. The molecule has 0 aliphatic carbocycles. The first-order valence-corrected chi connectivity index (χ1v) is 14.3. The van der Waals surface area contributed by atoms with Crippen molar-refractivity contribution in [3.05, 3.63) is 35.4 Å². The van der Waals surface area contributed by atoms with Gasteiger partial charge in [0.25, 0.3) is 0 Å². The lowest BCUT2D eigenvalue weighted by atomic mass is 9.93. The maximum absolute atomic E-state index is 14.4. The van der Waals surface area contributed by atoms with Gasteiger partial charge in [-0.05, 0) is 76.8 Å². The third-order valence-electron chi connectivity index (χ3n) is 6.59. The molecule has 1 aromatic rings. The molecule has 38 heavy (non-hydrogen) atoms. The number of hydrogen-bond donors (Lipinski definition) is 2. The summed E-state index contributed by atoms with van der Waals surface area (Å²) in [6.07, 6.45) is 3.98. The summed E-state index contributed by atoms with van der Waals surface area (Å²) in [5.41, 5.74) is 1.04. The van der Waals surface area contributed by atoms with Crippen molar-refractivity contribution >= 4 is 17.9 Å². The number of benzene rings is 1. The largest absolute Gasteiger partial charge is 0.444 e. The molecule has 0 spiro atoms. The van der Waals surface area contributed by atoms with Crippen LogP contribution in [0.3, 0.4) is 0 Å². The molecule has 0 saturated heterocycles. The molecule has 1 aromatic carbocycles. The Balaban J connectivity index is 3.55. The molecule has 0 bridgehead atoms. The molecule has 2 N–H and O–H groups in total. The SMILES string of the molecule is CCCCCNC(=O)C(c1ccccc1C)N(C(=O)C(NC(=O)OC(C)(C)C)C(C)C)C(C)CCC(C)C. The Labute approximate surface area is 231 Å². The molecule has 1 rings (SSSR count). The number of nitrogens with zero attached hydrogens (tertiary/aromatic N) is 1. The molecule has 0 saturated carbocycles. The van der Waals surface area contributed by atoms with Crippen molar-refractivity contribution in [3.8, 4) is 0 Å². The number of nitrogens with one attached hydrogen (secondary N) is 2. The first-order valence-electron chi connectivity index (χ1n) is 14.3. The average molecular weight is 532 g/mol. The van der Waals surface area contributed by atoms with Crippen molar-refractivity contribution in [2.45, 2.75) is 125 Å². The molecular weight excluding hydrogens is 478 g/mol. The van der Waals surface area contributed by atoms with E-state index in [9.17, 15) is 14.4 Å². The fourth-order valence-corrected chi connectivity index (χ4v) is 4.42. The van der Waals surface area contributed by atoms with Gasteiger partial charge in [0, 0.05) is 12.6 Å². The van der Waals surface area contributed by atoms with Crippen LogP contribution in [-0.4, -0.2) is 47.0 Å². The minimum Gasteiger partial charge on any atom is -0.444 e. The Morgan fingerprint density at radius 1 is 0.974 bits per heavy atom. The third-order valence-corrected chi connectivity index (χ3v) is 6.59. The van der Waals surface area contributed by atoms with Gasteiger partial charge in [-0.1, -0.05) is 71.7 Å². The van der Waals surface area contributed by atoms with Crippen LogP contribution in [0.15, 0.2) is 24.3 Å². The summed E-state index contributed by atoms with van der Waals surface area (Å²) in [5.74, 6) is -0.228. The number of hydrogen-bond acceptors (Lipinski definition) is 4. The van der Waals surface area contributed by atoms with Crippen LogP contribution in [0.5, 0.6) is 0 Å². The van der Waals surface area contributed by atoms with E-state index in [1.165, 1.54) is 0 Å². The van der Waals surface area contributed by atoms with E-state index in [1.807, 2.05) is 52.0 Å².